The van der Waals surface area contributed by atoms with Gasteiger partial charge in [0.2, 0.25) is 0 Å². The Labute approximate surface area is 186 Å². The van der Waals surface area contributed by atoms with Crippen molar-refractivity contribution >= 4 is 21.0 Å². The van der Waals surface area contributed by atoms with E-state index in [9.17, 15) is 17.7 Å². The van der Waals surface area contributed by atoms with E-state index >= 15 is 0 Å². The first-order valence-electron chi connectivity index (χ1n) is 9.80. The van der Waals surface area contributed by atoms with Gasteiger partial charge in [-0.25, -0.2) is 12.6 Å². The second-order valence-electron chi connectivity index (χ2n) is 7.12. The van der Waals surface area contributed by atoms with E-state index in [2.05, 4.69) is 0 Å². The minimum absolute atomic E-state index is 0.0613. The van der Waals surface area contributed by atoms with Crippen molar-refractivity contribution in [2.45, 2.75) is 35.8 Å². The van der Waals surface area contributed by atoms with Gasteiger partial charge < -0.3 is 5.11 Å². The number of aliphatic hydroxyl groups excluding tert-OH is 1. The van der Waals surface area contributed by atoms with Crippen LogP contribution in [-0.4, -0.2) is 27.5 Å². The van der Waals surface area contributed by atoms with E-state index in [4.69, 9.17) is 0 Å². The van der Waals surface area contributed by atoms with E-state index in [1.54, 1.807) is 67.6 Å². The van der Waals surface area contributed by atoms with Gasteiger partial charge in [0, 0.05) is 0 Å². The molecule has 0 aromatic heterocycles. The predicted octanol–water partition coefficient (Wildman–Crippen LogP) is 4.39. The highest BCUT2D eigenvalue weighted by molar-refractivity contribution is 8.01. The van der Waals surface area contributed by atoms with Gasteiger partial charge >= 0.3 is 0 Å². The van der Waals surface area contributed by atoms with Crippen LogP contribution in [0.1, 0.15) is 24.2 Å². The van der Waals surface area contributed by atoms with Crippen LogP contribution in [-0.2, 0) is 21.0 Å². The van der Waals surface area contributed by atoms with Crippen LogP contribution in [0.3, 0.4) is 0 Å². The molecule has 7 heteroatoms. The molecule has 0 aliphatic heterocycles. The van der Waals surface area contributed by atoms with Crippen LogP contribution in [0.2, 0.25) is 0 Å². The van der Waals surface area contributed by atoms with Crippen molar-refractivity contribution < 1.29 is 17.7 Å². The van der Waals surface area contributed by atoms with E-state index < -0.39 is 33.2 Å². The molecule has 162 valence electrons. The van der Waals surface area contributed by atoms with Crippen molar-refractivity contribution in [3.63, 3.8) is 0 Å². The highest BCUT2D eigenvalue weighted by Gasteiger charge is 2.34. The summed E-state index contributed by atoms with van der Waals surface area (Å²) in [5, 5.41) is 10.4. The highest BCUT2D eigenvalue weighted by Crippen LogP contribution is 2.25. The number of benzene rings is 3. The first kappa shape index (κ1) is 23.1. The molecule has 0 aliphatic carbocycles. The Hall–Kier alpha value is -2.58. The number of hydrogen-bond acceptors (Lipinski definition) is 4. The molecule has 0 spiro atoms. The smallest absolute Gasteiger partial charge is 0.255 e. The maximum absolute atomic E-state index is 13.5. The molecule has 0 aliphatic rings. The zero-order valence-corrected chi connectivity index (χ0v) is 19.0. The van der Waals surface area contributed by atoms with Crippen LogP contribution < -0.4 is 0 Å². The lowest BCUT2D eigenvalue weighted by Crippen LogP contribution is -2.39. The van der Waals surface area contributed by atoms with Crippen molar-refractivity contribution in [2.24, 2.45) is 0 Å². The zero-order valence-electron chi connectivity index (χ0n) is 17.3. The number of nitrogens with zero attached hydrogens (tertiary/aromatic N) is 1. The molecular weight excluding hydrogens is 430 g/mol. The van der Waals surface area contributed by atoms with E-state index in [0.717, 1.165) is 9.27 Å². The zero-order chi connectivity index (χ0) is 22.4. The number of sulfonamides is 1. The topological polar surface area (TPSA) is 74.7 Å². The maximum atomic E-state index is 13.5. The molecule has 3 aromatic carbocycles. The summed E-state index contributed by atoms with van der Waals surface area (Å²) in [6.45, 7) is 3.51. The molecular formula is C24H25NO4S2. The van der Waals surface area contributed by atoms with Crippen LogP contribution in [0.15, 0.2) is 107 Å². The maximum Gasteiger partial charge on any atom is 0.255 e. The van der Waals surface area contributed by atoms with E-state index in [-0.39, 0.29) is 4.90 Å². The summed E-state index contributed by atoms with van der Waals surface area (Å²) in [5.41, 5.74) is 1.61. The fourth-order valence-electron chi connectivity index (χ4n) is 3.01. The average molecular weight is 456 g/mol. The predicted molar refractivity (Wildman–Crippen MR) is 123 cm³/mol. The van der Waals surface area contributed by atoms with Crippen molar-refractivity contribution in [2.75, 3.05) is 0 Å². The number of aryl methyl sites for hydroxylation is 1. The summed E-state index contributed by atoms with van der Waals surface area (Å²) >= 11 is 0. The van der Waals surface area contributed by atoms with Gasteiger partial charge in [0.25, 0.3) is 10.0 Å². The van der Waals surface area contributed by atoms with Gasteiger partial charge in [-0.3, -0.25) is 0 Å². The minimum Gasteiger partial charge on any atom is -0.384 e. The normalized spacial score (nSPS) is 15.1. The number of aliphatic hydroxyl groups is 1. The van der Waals surface area contributed by atoms with E-state index in [1.807, 2.05) is 25.1 Å². The van der Waals surface area contributed by atoms with Gasteiger partial charge in [0.1, 0.15) is 11.0 Å². The Kier molecular flexibility index (Phi) is 7.56. The molecule has 1 unspecified atom stereocenters. The molecule has 1 N–H and O–H groups in total. The SMILES string of the molecule is Cc1ccc(S(=O)(=O)N([C@H](C)C=C[C@@H](O)c2ccccc2)S(=O)c2ccccc2)cc1. The first-order chi connectivity index (χ1) is 14.8. The third-order valence-electron chi connectivity index (χ3n) is 4.71. The molecule has 5 nitrogen and oxygen atoms in total. The molecule has 0 radical (unpaired) electrons. The molecule has 3 atom stereocenters. The summed E-state index contributed by atoms with van der Waals surface area (Å²) in [6, 6.07) is 23.1. The van der Waals surface area contributed by atoms with E-state index in [1.165, 1.54) is 18.2 Å². The summed E-state index contributed by atoms with van der Waals surface area (Å²) in [7, 11) is -6.05. The second-order valence-corrected chi connectivity index (χ2v) is 10.5. The van der Waals surface area contributed by atoms with Crippen molar-refractivity contribution in [3.8, 4) is 0 Å². The fraction of sp³-hybridized carbons (Fsp3) is 0.167. The largest absolute Gasteiger partial charge is 0.384 e. The molecule has 0 saturated heterocycles. The lowest BCUT2D eigenvalue weighted by Gasteiger charge is -2.25. The first-order valence-corrected chi connectivity index (χ1v) is 12.3. The van der Waals surface area contributed by atoms with Crippen LogP contribution in [0.25, 0.3) is 0 Å². The van der Waals surface area contributed by atoms with Gasteiger partial charge in [-0.15, -0.1) is 3.71 Å². The van der Waals surface area contributed by atoms with Crippen molar-refractivity contribution in [1.82, 2.24) is 3.71 Å². The van der Waals surface area contributed by atoms with Crippen LogP contribution in [0.4, 0.5) is 0 Å². The number of hydrogen-bond donors (Lipinski definition) is 1. The second kappa shape index (κ2) is 10.2. The summed E-state index contributed by atoms with van der Waals surface area (Å²) < 4.78 is 41.2. The Bertz CT molecular complexity index is 1150. The molecule has 3 rings (SSSR count). The highest BCUT2D eigenvalue weighted by atomic mass is 32.3. The van der Waals surface area contributed by atoms with Crippen LogP contribution in [0, 0.1) is 6.92 Å². The lowest BCUT2D eigenvalue weighted by atomic mass is 10.1. The van der Waals surface area contributed by atoms with Crippen LogP contribution in [0.5, 0.6) is 0 Å². The summed E-state index contributed by atoms with van der Waals surface area (Å²) in [4.78, 5) is 0.438. The quantitative estimate of drug-likeness (QED) is 0.511. The summed E-state index contributed by atoms with van der Waals surface area (Å²) in [5.74, 6) is 0. The fourth-order valence-corrected chi connectivity index (χ4v) is 6.41. The lowest BCUT2D eigenvalue weighted by molar-refractivity contribution is 0.228. The molecule has 0 bridgehead atoms. The van der Waals surface area contributed by atoms with Gasteiger partial charge in [-0.1, -0.05) is 78.4 Å². The van der Waals surface area contributed by atoms with E-state index in [0.29, 0.717) is 10.5 Å². The Morgan fingerprint density at radius 1 is 0.871 bits per heavy atom. The Balaban J connectivity index is 1.98. The van der Waals surface area contributed by atoms with Crippen LogP contribution >= 0.6 is 0 Å². The molecule has 0 amide bonds. The molecule has 3 aromatic rings. The van der Waals surface area contributed by atoms with Crippen molar-refractivity contribution in [3.05, 3.63) is 108 Å². The van der Waals surface area contributed by atoms with Gasteiger partial charge in [0.15, 0.2) is 0 Å². The minimum atomic E-state index is -4.08. The van der Waals surface area contributed by atoms with Gasteiger partial charge in [0.05, 0.1) is 21.9 Å². The monoisotopic (exact) mass is 455 g/mol. The molecule has 0 saturated carbocycles. The molecule has 31 heavy (non-hydrogen) atoms. The third kappa shape index (κ3) is 5.57. The Morgan fingerprint density at radius 2 is 1.42 bits per heavy atom. The standard InChI is InChI=1S/C24H25NO4S2/c1-19-13-16-23(17-14-19)31(28,29)25(30(27)22-11-7-4-8-12-22)20(2)15-18-24(26)21-9-5-3-6-10-21/h3-18,20,24,26H,1-2H3/t20-,24-,30?/m1/s1. The number of rotatable bonds is 8. The Morgan fingerprint density at radius 3 is 2.00 bits per heavy atom. The average Bonchev–Trinajstić information content (AvgIpc) is 2.79. The van der Waals surface area contributed by atoms with Crippen molar-refractivity contribution in [1.29, 1.82) is 0 Å². The van der Waals surface area contributed by atoms with Gasteiger partial charge in [-0.2, -0.15) is 0 Å². The molecule has 0 heterocycles. The molecule has 0 fully saturated rings. The third-order valence-corrected chi connectivity index (χ3v) is 8.71. The summed E-state index contributed by atoms with van der Waals surface area (Å²) in [6.07, 6.45) is 2.17. The van der Waals surface area contributed by atoms with Gasteiger partial charge in [-0.05, 0) is 43.7 Å².